The molecule has 2 aliphatic heterocycles. The molecule has 3 atom stereocenters. The van der Waals surface area contributed by atoms with Crippen molar-refractivity contribution in [2.75, 3.05) is 26.7 Å². The molecule has 1 saturated heterocycles. The Morgan fingerprint density at radius 2 is 1.90 bits per heavy atom. The van der Waals surface area contributed by atoms with Crippen LogP contribution in [0, 0.1) is 5.92 Å². The quantitative estimate of drug-likeness (QED) is 0.433. The first-order chi connectivity index (χ1) is 14.4. The molecule has 0 saturated carbocycles. The summed E-state index contributed by atoms with van der Waals surface area (Å²) in [6.45, 7) is 10.2. The van der Waals surface area contributed by atoms with Gasteiger partial charge in [-0.1, -0.05) is 24.8 Å². The van der Waals surface area contributed by atoms with Gasteiger partial charge in [0.15, 0.2) is 0 Å². The smallest absolute Gasteiger partial charge is 0.295 e. The SMILES string of the molecule is C=NC1NC=C(C(=O)C(=O)N2CCN(C(=O)c3ccccc3)C[C@H]2C)C1C(=C)OC. The van der Waals surface area contributed by atoms with E-state index in [0.29, 0.717) is 24.4 Å². The van der Waals surface area contributed by atoms with Gasteiger partial charge in [0.2, 0.25) is 5.78 Å². The molecule has 0 aromatic heterocycles. The van der Waals surface area contributed by atoms with Gasteiger partial charge in [-0.05, 0) is 25.8 Å². The first-order valence-electron chi connectivity index (χ1n) is 9.73. The third kappa shape index (κ3) is 3.98. The zero-order valence-corrected chi connectivity index (χ0v) is 17.2. The van der Waals surface area contributed by atoms with E-state index in [1.165, 1.54) is 18.2 Å². The molecule has 2 heterocycles. The molecular weight excluding hydrogens is 384 g/mol. The zero-order valence-electron chi connectivity index (χ0n) is 17.2. The fourth-order valence-corrected chi connectivity index (χ4v) is 3.83. The lowest BCUT2D eigenvalue weighted by atomic mass is 9.93. The maximum Gasteiger partial charge on any atom is 0.295 e. The number of carbonyl (C=O) groups is 3. The van der Waals surface area contributed by atoms with E-state index in [1.54, 1.807) is 17.0 Å². The predicted octanol–water partition coefficient (Wildman–Crippen LogP) is 1.22. The summed E-state index contributed by atoms with van der Waals surface area (Å²) in [5, 5.41) is 2.94. The van der Waals surface area contributed by atoms with Crippen molar-refractivity contribution in [1.82, 2.24) is 15.1 Å². The van der Waals surface area contributed by atoms with E-state index >= 15 is 0 Å². The highest BCUT2D eigenvalue weighted by Crippen LogP contribution is 2.30. The monoisotopic (exact) mass is 410 g/mol. The van der Waals surface area contributed by atoms with Gasteiger partial charge in [0.05, 0.1) is 13.0 Å². The van der Waals surface area contributed by atoms with Gasteiger partial charge in [-0.2, -0.15) is 0 Å². The maximum atomic E-state index is 13.0. The zero-order chi connectivity index (χ0) is 21.8. The highest BCUT2D eigenvalue weighted by molar-refractivity contribution is 6.43. The molecule has 158 valence electrons. The molecule has 0 spiro atoms. The van der Waals surface area contributed by atoms with Gasteiger partial charge in [-0.3, -0.25) is 19.4 Å². The molecule has 30 heavy (non-hydrogen) atoms. The molecular formula is C22H26N4O4. The van der Waals surface area contributed by atoms with Gasteiger partial charge in [0.25, 0.3) is 11.8 Å². The Hall–Kier alpha value is -3.42. The number of methoxy groups -OCH3 is 1. The van der Waals surface area contributed by atoms with Crippen LogP contribution >= 0.6 is 0 Å². The van der Waals surface area contributed by atoms with Gasteiger partial charge in [-0.25, -0.2) is 0 Å². The minimum absolute atomic E-state index is 0.0834. The largest absolute Gasteiger partial charge is 0.501 e. The molecule has 1 fully saturated rings. The van der Waals surface area contributed by atoms with E-state index in [0.717, 1.165) is 0 Å². The lowest BCUT2D eigenvalue weighted by molar-refractivity contribution is -0.145. The van der Waals surface area contributed by atoms with Crippen molar-refractivity contribution in [2.24, 2.45) is 10.9 Å². The van der Waals surface area contributed by atoms with Crippen molar-refractivity contribution in [3.8, 4) is 0 Å². The van der Waals surface area contributed by atoms with Gasteiger partial charge >= 0.3 is 0 Å². The number of ketones is 1. The van der Waals surface area contributed by atoms with Crippen LogP contribution in [0.15, 0.2) is 59.4 Å². The Balaban J connectivity index is 1.69. The van der Waals surface area contributed by atoms with Crippen molar-refractivity contribution in [2.45, 2.75) is 19.1 Å². The standard InChI is InChI=1S/C22H26N4O4/c1-14-13-25(21(28)16-8-6-5-7-9-16)10-11-26(14)22(29)19(27)17-12-24-20(23-3)18(17)15(2)30-4/h5-9,12,14,18,20,24H,2-3,10-11,13H2,1,4H3/t14-,18?,20?/m1/s1. The van der Waals surface area contributed by atoms with E-state index in [9.17, 15) is 14.4 Å². The number of Topliss-reactive ketones (excluding diaryl/α,β-unsaturated/α-hetero) is 1. The highest BCUT2D eigenvalue weighted by Gasteiger charge is 2.41. The average Bonchev–Trinajstić information content (AvgIpc) is 3.21. The Morgan fingerprint density at radius 1 is 1.20 bits per heavy atom. The summed E-state index contributed by atoms with van der Waals surface area (Å²) in [4.78, 5) is 45.8. The van der Waals surface area contributed by atoms with Gasteiger partial charge in [0.1, 0.15) is 11.9 Å². The Morgan fingerprint density at radius 3 is 2.50 bits per heavy atom. The fourth-order valence-electron chi connectivity index (χ4n) is 3.83. The van der Waals surface area contributed by atoms with E-state index in [-0.39, 0.29) is 24.1 Å². The molecule has 2 amide bonds. The number of aliphatic imine (C=N–C) groups is 1. The number of benzene rings is 1. The number of amides is 2. The van der Waals surface area contributed by atoms with Crippen LogP contribution in [0.1, 0.15) is 17.3 Å². The summed E-state index contributed by atoms with van der Waals surface area (Å²) in [6, 6.07) is 8.71. The Labute approximate surface area is 175 Å². The van der Waals surface area contributed by atoms with Crippen molar-refractivity contribution in [3.05, 3.63) is 60.0 Å². The van der Waals surface area contributed by atoms with Crippen LogP contribution in [0.3, 0.4) is 0 Å². The van der Waals surface area contributed by atoms with Crippen LogP contribution in [0.2, 0.25) is 0 Å². The molecule has 2 aliphatic rings. The van der Waals surface area contributed by atoms with Crippen LogP contribution in [0.4, 0.5) is 0 Å². The summed E-state index contributed by atoms with van der Waals surface area (Å²) in [6.07, 6.45) is 0.968. The summed E-state index contributed by atoms with van der Waals surface area (Å²) in [7, 11) is 1.45. The Kier molecular flexibility index (Phi) is 6.34. The lowest BCUT2D eigenvalue weighted by Crippen LogP contribution is -2.57. The first kappa shape index (κ1) is 21.3. The molecule has 2 unspecified atom stereocenters. The first-order valence-corrected chi connectivity index (χ1v) is 9.73. The van der Waals surface area contributed by atoms with E-state index < -0.39 is 23.8 Å². The number of hydrogen-bond acceptors (Lipinski definition) is 6. The predicted molar refractivity (Wildman–Crippen MR) is 113 cm³/mol. The fraction of sp³-hybridized carbons (Fsp3) is 0.364. The molecule has 0 aliphatic carbocycles. The van der Waals surface area contributed by atoms with Crippen LogP contribution in [0.25, 0.3) is 0 Å². The topological polar surface area (TPSA) is 91.3 Å². The molecule has 1 aromatic carbocycles. The van der Waals surface area contributed by atoms with Crippen molar-refractivity contribution < 1.29 is 19.1 Å². The summed E-state index contributed by atoms with van der Waals surface area (Å²) < 4.78 is 5.19. The molecule has 0 bridgehead atoms. The van der Waals surface area contributed by atoms with Gasteiger partial charge in [0, 0.05) is 43.0 Å². The summed E-state index contributed by atoms with van der Waals surface area (Å²) in [5.41, 5.74) is 0.853. The minimum Gasteiger partial charge on any atom is -0.501 e. The molecule has 1 N–H and O–H groups in total. The third-order valence-corrected chi connectivity index (χ3v) is 5.52. The number of nitrogens with one attached hydrogen (secondary N) is 1. The van der Waals surface area contributed by atoms with E-state index in [4.69, 9.17) is 4.74 Å². The van der Waals surface area contributed by atoms with Gasteiger partial charge < -0.3 is 19.9 Å². The number of piperazine rings is 1. The van der Waals surface area contributed by atoms with Crippen molar-refractivity contribution >= 4 is 24.3 Å². The maximum absolute atomic E-state index is 13.0. The summed E-state index contributed by atoms with van der Waals surface area (Å²) >= 11 is 0. The summed E-state index contributed by atoms with van der Waals surface area (Å²) in [5.74, 6) is -1.58. The highest BCUT2D eigenvalue weighted by atomic mass is 16.5. The molecule has 1 aromatic rings. The minimum atomic E-state index is -0.633. The molecule has 8 nitrogen and oxygen atoms in total. The second-order valence-electron chi connectivity index (χ2n) is 7.34. The second-order valence-corrected chi connectivity index (χ2v) is 7.34. The van der Waals surface area contributed by atoms with Crippen LogP contribution in [0.5, 0.6) is 0 Å². The number of carbonyl (C=O) groups excluding carboxylic acids is 3. The number of ether oxygens (including phenoxy) is 1. The third-order valence-electron chi connectivity index (χ3n) is 5.52. The second kappa shape index (κ2) is 8.94. The van der Waals surface area contributed by atoms with Crippen LogP contribution in [-0.2, 0) is 14.3 Å². The Bertz CT molecular complexity index is 896. The number of nitrogens with zero attached hydrogens (tertiary/aromatic N) is 3. The average molecular weight is 410 g/mol. The van der Waals surface area contributed by atoms with E-state index in [2.05, 4.69) is 23.6 Å². The number of hydrogen-bond donors (Lipinski definition) is 1. The van der Waals surface area contributed by atoms with Crippen molar-refractivity contribution in [3.63, 3.8) is 0 Å². The van der Waals surface area contributed by atoms with Crippen molar-refractivity contribution in [1.29, 1.82) is 0 Å². The number of rotatable bonds is 6. The lowest BCUT2D eigenvalue weighted by Gasteiger charge is -2.39. The molecule has 3 rings (SSSR count). The molecule has 8 heteroatoms. The van der Waals surface area contributed by atoms with Gasteiger partial charge in [-0.15, -0.1) is 0 Å². The van der Waals surface area contributed by atoms with E-state index in [1.807, 2.05) is 25.1 Å². The normalized spacial score (nSPS) is 23.3. The molecule has 0 radical (unpaired) electrons. The van der Waals surface area contributed by atoms with Crippen LogP contribution < -0.4 is 5.32 Å². The van der Waals surface area contributed by atoms with Crippen LogP contribution in [-0.4, -0.2) is 73.1 Å².